The number of carbonyl (C=O) groups excluding carboxylic acids is 2. The molecule has 1 unspecified atom stereocenters. The number of hydrogen-bond acceptors (Lipinski definition) is 5. The minimum absolute atomic E-state index is 0.143. The molecule has 1 aliphatic rings. The van der Waals surface area contributed by atoms with Crippen LogP contribution in [0.15, 0.2) is 29.3 Å². The predicted molar refractivity (Wildman–Crippen MR) is 81.1 cm³/mol. The highest BCUT2D eigenvalue weighted by Gasteiger charge is 2.31. The first kappa shape index (κ1) is 16.0. The summed E-state index contributed by atoms with van der Waals surface area (Å²) in [4.78, 5) is 27.7. The summed E-state index contributed by atoms with van der Waals surface area (Å²) in [6, 6.07) is 7.00. The first-order valence-corrected chi connectivity index (χ1v) is 7.20. The number of likely N-dealkylation sites (tertiary alicyclic amines) is 1. The van der Waals surface area contributed by atoms with Crippen molar-refractivity contribution >= 4 is 17.9 Å². The second-order valence-electron chi connectivity index (χ2n) is 6.13. The van der Waals surface area contributed by atoms with Crippen molar-refractivity contribution < 1.29 is 19.1 Å². The number of rotatable bonds is 3. The van der Waals surface area contributed by atoms with Crippen LogP contribution in [0.2, 0.25) is 0 Å². The lowest BCUT2D eigenvalue weighted by Crippen LogP contribution is -2.36. The van der Waals surface area contributed by atoms with E-state index >= 15 is 0 Å². The van der Waals surface area contributed by atoms with E-state index < -0.39 is 5.60 Å². The van der Waals surface area contributed by atoms with Gasteiger partial charge in [0.1, 0.15) is 23.1 Å². The molecular formula is C16H20N2O4. The van der Waals surface area contributed by atoms with Crippen molar-refractivity contribution in [3.8, 4) is 5.75 Å². The molecule has 1 heterocycles. The van der Waals surface area contributed by atoms with Crippen LogP contribution in [0, 0.1) is 0 Å². The Balaban J connectivity index is 1.97. The van der Waals surface area contributed by atoms with Gasteiger partial charge < -0.3 is 14.4 Å². The van der Waals surface area contributed by atoms with Crippen LogP contribution in [-0.4, -0.2) is 41.9 Å². The van der Waals surface area contributed by atoms with Crippen LogP contribution in [0.3, 0.4) is 0 Å². The Bertz CT molecular complexity index is 588. The molecule has 0 saturated carbocycles. The van der Waals surface area contributed by atoms with Crippen molar-refractivity contribution in [1.29, 1.82) is 0 Å². The van der Waals surface area contributed by atoms with E-state index in [1.807, 2.05) is 20.8 Å². The van der Waals surface area contributed by atoms with Gasteiger partial charge in [0, 0.05) is 13.0 Å². The maximum absolute atomic E-state index is 12.0. The average Bonchev–Trinajstić information content (AvgIpc) is 2.88. The van der Waals surface area contributed by atoms with E-state index in [1.54, 1.807) is 29.2 Å². The molecule has 6 nitrogen and oxygen atoms in total. The standard InChI is InChI=1S/C16H20N2O4/c1-16(2,3)22-15(20)18-9-8-12(10-18)21-14-7-5-4-6-13(14)17-11-19/h4-7,12H,8-10H2,1-3H3. The SMILES string of the molecule is CC(C)(C)OC(=O)N1CCC(Oc2ccccc2N=C=O)C1. The van der Waals surface area contributed by atoms with E-state index in [0.717, 1.165) is 0 Å². The lowest BCUT2D eigenvalue weighted by atomic mass is 10.2. The zero-order chi connectivity index (χ0) is 16.2. The van der Waals surface area contributed by atoms with Crippen molar-refractivity contribution in [2.45, 2.75) is 38.9 Å². The van der Waals surface area contributed by atoms with Gasteiger partial charge >= 0.3 is 6.09 Å². The highest BCUT2D eigenvalue weighted by molar-refractivity contribution is 5.68. The summed E-state index contributed by atoms with van der Waals surface area (Å²) in [5.74, 6) is 0.516. The Morgan fingerprint density at radius 1 is 1.36 bits per heavy atom. The van der Waals surface area contributed by atoms with E-state index in [-0.39, 0.29) is 12.2 Å². The predicted octanol–water partition coefficient (Wildman–Crippen LogP) is 3.04. The Hall–Kier alpha value is -2.33. The third-order valence-corrected chi connectivity index (χ3v) is 3.12. The number of aliphatic imine (C=N–C) groups is 1. The van der Waals surface area contributed by atoms with Crippen molar-refractivity contribution in [2.75, 3.05) is 13.1 Å². The molecule has 0 radical (unpaired) electrons. The van der Waals surface area contributed by atoms with Gasteiger partial charge in [0.25, 0.3) is 0 Å². The molecule has 1 aromatic rings. The maximum Gasteiger partial charge on any atom is 0.410 e. The summed E-state index contributed by atoms with van der Waals surface area (Å²) >= 11 is 0. The maximum atomic E-state index is 12.0. The number of para-hydroxylation sites is 2. The first-order valence-electron chi connectivity index (χ1n) is 7.20. The molecule has 0 spiro atoms. The van der Waals surface area contributed by atoms with Gasteiger partial charge in [-0.15, -0.1) is 0 Å². The number of isocyanates is 1. The highest BCUT2D eigenvalue weighted by Crippen LogP contribution is 2.29. The van der Waals surface area contributed by atoms with Crippen molar-refractivity contribution in [1.82, 2.24) is 4.90 Å². The third kappa shape index (κ3) is 4.33. The summed E-state index contributed by atoms with van der Waals surface area (Å²) in [7, 11) is 0. The summed E-state index contributed by atoms with van der Waals surface area (Å²) < 4.78 is 11.2. The first-order chi connectivity index (χ1) is 10.4. The monoisotopic (exact) mass is 304 g/mol. The van der Waals surface area contributed by atoms with E-state index in [4.69, 9.17) is 9.47 Å². The Morgan fingerprint density at radius 3 is 2.77 bits per heavy atom. The van der Waals surface area contributed by atoms with Crippen LogP contribution in [0.25, 0.3) is 0 Å². The fourth-order valence-electron chi connectivity index (χ4n) is 2.19. The minimum Gasteiger partial charge on any atom is -0.486 e. The van der Waals surface area contributed by atoms with Crippen LogP contribution in [0.5, 0.6) is 5.75 Å². The molecule has 0 aromatic heterocycles. The highest BCUT2D eigenvalue weighted by atomic mass is 16.6. The third-order valence-electron chi connectivity index (χ3n) is 3.12. The lowest BCUT2D eigenvalue weighted by molar-refractivity contribution is 0.0276. The number of benzene rings is 1. The molecule has 1 aromatic carbocycles. The zero-order valence-electron chi connectivity index (χ0n) is 13.0. The van der Waals surface area contributed by atoms with Gasteiger partial charge in [-0.1, -0.05) is 12.1 Å². The fraction of sp³-hybridized carbons (Fsp3) is 0.500. The van der Waals surface area contributed by atoms with Gasteiger partial charge in [-0.2, -0.15) is 4.99 Å². The molecule has 0 aliphatic carbocycles. The molecule has 0 bridgehead atoms. The quantitative estimate of drug-likeness (QED) is 0.636. The fourth-order valence-corrected chi connectivity index (χ4v) is 2.19. The second-order valence-corrected chi connectivity index (χ2v) is 6.13. The molecular weight excluding hydrogens is 284 g/mol. The van der Waals surface area contributed by atoms with Gasteiger partial charge in [-0.3, -0.25) is 0 Å². The van der Waals surface area contributed by atoms with Crippen molar-refractivity contribution in [2.24, 2.45) is 4.99 Å². The average molecular weight is 304 g/mol. The summed E-state index contributed by atoms with van der Waals surface area (Å²) in [6.45, 7) is 6.54. The molecule has 2 rings (SSSR count). The van der Waals surface area contributed by atoms with Crippen LogP contribution < -0.4 is 4.74 Å². The summed E-state index contributed by atoms with van der Waals surface area (Å²) in [5.41, 5.74) is -0.0744. The van der Waals surface area contributed by atoms with Crippen LogP contribution in [0.4, 0.5) is 10.5 Å². The Kier molecular flexibility index (Phi) is 4.83. The molecule has 1 atom stereocenters. The minimum atomic E-state index is -0.513. The van der Waals surface area contributed by atoms with Gasteiger partial charge in [0.05, 0.1) is 6.54 Å². The second kappa shape index (κ2) is 6.62. The van der Waals surface area contributed by atoms with E-state index in [0.29, 0.717) is 30.9 Å². The number of ether oxygens (including phenoxy) is 2. The lowest BCUT2D eigenvalue weighted by Gasteiger charge is -2.24. The van der Waals surface area contributed by atoms with Gasteiger partial charge in [-0.05, 0) is 32.9 Å². The molecule has 0 N–H and O–H groups in total. The van der Waals surface area contributed by atoms with Gasteiger partial charge in [0.15, 0.2) is 0 Å². The van der Waals surface area contributed by atoms with Crippen LogP contribution >= 0.6 is 0 Å². The normalized spacial score (nSPS) is 17.8. The number of nitrogens with zero attached hydrogens (tertiary/aromatic N) is 2. The molecule has 1 saturated heterocycles. The van der Waals surface area contributed by atoms with Gasteiger partial charge in [0.2, 0.25) is 6.08 Å². The summed E-state index contributed by atoms with van der Waals surface area (Å²) in [6.07, 6.45) is 1.74. The zero-order valence-corrected chi connectivity index (χ0v) is 13.0. The molecule has 118 valence electrons. The van der Waals surface area contributed by atoms with E-state index in [1.165, 1.54) is 6.08 Å². The van der Waals surface area contributed by atoms with Gasteiger partial charge in [-0.25, -0.2) is 9.59 Å². The number of carbonyl (C=O) groups is 1. The molecule has 1 amide bonds. The van der Waals surface area contributed by atoms with E-state index in [2.05, 4.69) is 4.99 Å². The molecule has 6 heteroatoms. The van der Waals surface area contributed by atoms with Crippen LogP contribution in [-0.2, 0) is 9.53 Å². The number of hydrogen-bond donors (Lipinski definition) is 0. The smallest absolute Gasteiger partial charge is 0.410 e. The topological polar surface area (TPSA) is 68.2 Å². The number of amides is 1. The molecule has 1 fully saturated rings. The Labute approximate surface area is 129 Å². The Morgan fingerprint density at radius 2 is 2.09 bits per heavy atom. The van der Waals surface area contributed by atoms with Crippen molar-refractivity contribution in [3.05, 3.63) is 24.3 Å². The van der Waals surface area contributed by atoms with E-state index in [9.17, 15) is 9.59 Å². The molecule has 1 aliphatic heterocycles. The van der Waals surface area contributed by atoms with Crippen molar-refractivity contribution in [3.63, 3.8) is 0 Å². The largest absolute Gasteiger partial charge is 0.486 e. The molecule has 22 heavy (non-hydrogen) atoms. The summed E-state index contributed by atoms with van der Waals surface area (Å²) in [5, 5.41) is 0. The van der Waals surface area contributed by atoms with Crippen LogP contribution in [0.1, 0.15) is 27.2 Å².